The molecule has 1 atom stereocenters. The van der Waals surface area contributed by atoms with E-state index in [0.717, 1.165) is 16.5 Å². The molecule has 1 aliphatic rings. The number of hydrogen-bond acceptors (Lipinski definition) is 5. The Labute approximate surface area is 213 Å². The van der Waals surface area contributed by atoms with Gasteiger partial charge in [0.2, 0.25) is 5.91 Å². The predicted molar refractivity (Wildman–Crippen MR) is 139 cm³/mol. The largest absolute Gasteiger partial charge is 0.366 e. The summed E-state index contributed by atoms with van der Waals surface area (Å²) in [6.07, 6.45) is 4.44. The first kappa shape index (κ1) is 23.8. The number of carbonyl (C=O) groups is 1. The van der Waals surface area contributed by atoms with E-state index in [0.29, 0.717) is 41.8 Å². The molecule has 0 spiro atoms. The Balaban J connectivity index is 1.71. The Kier molecular flexibility index (Phi) is 5.89. The number of hydrogen-bond donors (Lipinski definition) is 0. The third-order valence-corrected chi connectivity index (χ3v) is 7.21. The van der Waals surface area contributed by atoms with E-state index in [9.17, 15) is 10.1 Å². The molecule has 0 radical (unpaired) electrons. The molecule has 0 N–H and O–H groups in total. The van der Waals surface area contributed by atoms with Crippen LogP contribution in [0, 0.1) is 24.1 Å². The van der Waals surface area contributed by atoms with Gasteiger partial charge >= 0.3 is 0 Å². The fourth-order valence-electron chi connectivity index (χ4n) is 5.19. The molecule has 0 saturated carbocycles. The summed E-state index contributed by atoms with van der Waals surface area (Å²) in [5.41, 5.74) is 3.59. The van der Waals surface area contributed by atoms with E-state index in [1.54, 1.807) is 21.8 Å². The molecule has 0 aliphatic carbocycles. The molecule has 3 heterocycles. The molecular formula is C27H24ClFN6O. The average molecular weight is 503 g/mol. The van der Waals surface area contributed by atoms with Crippen molar-refractivity contribution < 1.29 is 9.18 Å². The van der Waals surface area contributed by atoms with Gasteiger partial charge < -0.3 is 9.80 Å². The van der Waals surface area contributed by atoms with Crippen LogP contribution >= 0.6 is 11.6 Å². The predicted octanol–water partition coefficient (Wildman–Crippen LogP) is 4.98. The quantitative estimate of drug-likeness (QED) is 0.369. The monoisotopic (exact) mass is 502 g/mol. The Bertz CT molecular complexity index is 1600. The van der Waals surface area contributed by atoms with Crippen molar-refractivity contribution in [2.24, 2.45) is 7.05 Å². The van der Waals surface area contributed by atoms with Gasteiger partial charge in [0.1, 0.15) is 11.6 Å². The van der Waals surface area contributed by atoms with E-state index in [1.165, 1.54) is 12.3 Å². The minimum absolute atomic E-state index is 0.122. The minimum Gasteiger partial charge on any atom is -0.366 e. The lowest BCUT2D eigenvalue weighted by molar-refractivity contribution is -0.128. The van der Waals surface area contributed by atoms with Gasteiger partial charge in [-0.3, -0.25) is 14.5 Å². The molecule has 36 heavy (non-hydrogen) atoms. The molecule has 1 aliphatic heterocycles. The number of amides is 1. The van der Waals surface area contributed by atoms with Gasteiger partial charge in [-0.25, -0.2) is 4.39 Å². The Morgan fingerprint density at radius 1 is 1.31 bits per heavy atom. The number of benzene rings is 2. The molecule has 2 aromatic carbocycles. The Hall–Kier alpha value is -3.96. The first-order chi connectivity index (χ1) is 17.3. The lowest BCUT2D eigenvalue weighted by Crippen LogP contribution is -2.53. The number of pyridine rings is 1. The number of rotatable bonds is 3. The van der Waals surface area contributed by atoms with Gasteiger partial charge in [0.25, 0.3) is 0 Å². The van der Waals surface area contributed by atoms with E-state index in [4.69, 9.17) is 11.6 Å². The molecule has 1 saturated heterocycles. The molecular weight excluding hydrogens is 479 g/mol. The topological polar surface area (TPSA) is 78.1 Å². The van der Waals surface area contributed by atoms with Crippen molar-refractivity contribution >= 4 is 45.0 Å². The second kappa shape index (κ2) is 8.92. The van der Waals surface area contributed by atoms with Crippen molar-refractivity contribution in [3.05, 3.63) is 65.2 Å². The highest BCUT2D eigenvalue weighted by atomic mass is 35.5. The third-order valence-electron chi connectivity index (χ3n) is 6.91. The minimum atomic E-state index is -0.548. The number of aryl methyl sites for hydroxylation is 2. The number of nitrogens with zero attached hydrogens (tertiary/aromatic N) is 6. The van der Waals surface area contributed by atoms with Crippen LogP contribution in [0.25, 0.3) is 32.9 Å². The summed E-state index contributed by atoms with van der Waals surface area (Å²) >= 11 is 6.79. The second-order valence-electron chi connectivity index (χ2n) is 9.07. The number of aromatic nitrogens is 3. The molecule has 5 rings (SSSR count). The highest BCUT2D eigenvalue weighted by Gasteiger charge is 2.30. The maximum atomic E-state index is 16.3. The van der Waals surface area contributed by atoms with E-state index in [1.807, 2.05) is 37.9 Å². The van der Waals surface area contributed by atoms with Gasteiger partial charge in [-0.1, -0.05) is 30.3 Å². The molecule has 4 aromatic rings. The number of piperazine rings is 1. The molecule has 9 heteroatoms. The zero-order valence-electron chi connectivity index (χ0n) is 20.2. The van der Waals surface area contributed by atoms with E-state index < -0.39 is 5.82 Å². The lowest BCUT2D eigenvalue weighted by atomic mass is 9.95. The molecule has 1 unspecified atom stereocenters. The van der Waals surface area contributed by atoms with Crippen molar-refractivity contribution in [1.29, 1.82) is 5.26 Å². The van der Waals surface area contributed by atoms with Crippen LogP contribution in [0.5, 0.6) is 0 Å². The highest BCUT2D eigenvalue weighted by molar-refractivity contribution is 6.35. The van der Waals surface area contributed by atoms with Crippen LogP contribution in [0.2, 0.25) is 5.02 Å². The summed E-state index contributed by atoms with van der Waals surface area (Å²) in [4.78, 5) is 20.3. The summed E-state index contributed by atoms with van der Waals surface area (Å²) in [5, 5.41) is 15.8. The van der Waals surface area contributed by atoms with Crippen LogP contribution in [0.3, 0.4) is 0 Å². The fraction of sp³-hybridized carbons (Fsp3) is 0.259. The van der Waals surface area contributed by atoms with E-state index in [-0.39, 0.29) is 28.1 Å². The van der Waals surface area contributed by atoms with Gasteiger partial charge in [-0.2, -0.15) is 10.4 Å². The molecule has 1 fully saturated rings. The van der Waals surface area contributed by atoms with Crippen molar-refractivity contribution in [2.75, 3.05) is 24.5 Å². The smallest absolute Gasteiger partial charge is 0.246 e. The number of carbonyl (C=O) groups excluding carboxylic acids is 1. The zero-order chi connectivity index (χ0) is 25.7. The van der Waals surface area contributed by atoms with Gasteiger partial charge in [0.15, 0.2) is 5.82 Å². The molecule has 1 amide bonds. The van der Waals surface area contributed by atoms with Crippen LogP contribution < -0.4 is 4.90 Å². The summed E-state index contributed by atoms with van der Waals surface area (Å²) in [6.45, 7) is 8.83. The Morgan fingerprint density at radius 3 is 2.78 bits per heavy atom. The molecule has 2 aromatic heterocycles. The average Bonchev–Trinajstić information content (AvgIpc) is 3.24. The van der Waals surface area contributed by atoms with Crippen LogP contribution in [-0.4, -0.2) is 51.2 Å². The Morgan fingerprint density at radius 2 is 2.08 bits per heavy atom. The second-order valence-corrected chi connectivity index (χ2v) is 9.48. The van der Waals surface area contributed by atoms with Gasteiger partial charge in [-0.15, -0.1) is 0 Å². The van der Waals surface area contributed by atoms with Crippen LogP contribution in [0.1, 0.15) is 18.1 Å². The summed E-state index contributed by atoms with van der Waals surface area (Å²) < 4.78 is 18.0. The standard InChI is InChI=1S/C27H24ClFN6O/c1-5-21(36)35-9-8-34(14-16(35)3)26-18(11-30)12-31-25-19(26)10-20(28)23(24(25)29)22-15(2)6-7-17-13-32-33(4)27(17)22/h5-7,10,12-13,16H,1,8-9,14H2,2-4H3. The maximum Gasteiger partial charge on any atom is 0.246 e. The summed E-state index contributed by atoms with van der Waals surface area (Å²) in [5.74, 6) is -0.686. The molecule has 0 bridgehead atoms. The van der Waals surface area contributed by atoms with Crippen LogP contribution in [0.15, 0.2) is 43.2 Å². The van der Waals surface area contributed by atoms with Crippen molar-refractivity contribution in [2.45, 2.75) is 19.9 Å². The maximum absolute atomic E-state index is 16.3. The number of fused-ring (bicyclic) bond motifs is 2. The summed E-state index contributed by atoms with van der Waals surface area (Å²) in [7, 11) is 1.81. The van der Waals surface area contributed by atoms with Crippen LogP contribution in [0.4, 0.5) is 10.1 Å². The van der Waals surface area contributed by atoms with Crippen molar-refractivity contribution in [1.82, 2.24) is 19.7 Å². The molecule has 182 valence electrons. The van der Waals surface area contributed by atoms with Crippen molar-refractivity contribution in [3.63, 3.8) is 0 Å². The number of nitriles is 1. The first-order valence-electron chi connectivity index (χ1n) is 11.6. The van der Waals surface area contributed by atoms with Crippen molar-refractivity contribution in [3.8, 4) is 17.2 Å². The van der Waals surface area contributed by atoms with E-state index >= 15 is 4.39 Å². The number of anilines is 1. The van der Waals surface area contributed by atoms with Gasteiger partial charge in [-0.05, 0) is 31.6 Å². The fourth-order valence-corrected chi connectivity index (χ4v) is 5.48. The lowest BCUT2D eigenvalue weighted by Gasteiger charge is -2.41. The zero-order valence-corrected chi connectivity index (χ0v) is 21.0. The first-order valence-corrected chi connectivity index (χ1v) is 11.9. The SMILES string of the molecule is C=CC(=O)N1CCN(c2c(C#N)cnc3c(F)c(-c4c(C)ccc5cnn(C)c45)c(Cl)cc23)CC1C. The van der Waals surface area contributed by atoms with Gasteiger partial charge in [0.05, 0.1) is 28.0 Å². The van der Waals surface area contributed by atoms with E-state index in [2.05, 4.69) is 22.7 Å². The summed E-state index contributed by atoms with van der Waals surface area (Å²) in [6, 6.07) is 7.63. The number of halogens is 2. The highest BCUT2D eigenvalue weighted by Crippen LogP contribution is 2.43. The van der Waals surface area contributed by atoms with Gasteiger partial charge in [0, 0.05) is 60.8 Å². The normalized spacial score (nSPS) is 15.9. The van der Waals surface area contributed by atoms with Crippen LogP contribution in [-0.2, 0) is 11.8 Å². The third kappa shape index (κ3) is 3.59. The molecule has 7 nitrogen and oxygen atoms in total.